The minimum absolute atomic E-state index is 0.295. The second kappa shape index (κ2) is 3.15. The molecule has 1 heteroatoms. The molecular weight excluding hydrogens is 195 g/mol. The maximum Gasteiger partial charge on any atom is 0.266 e. The van der Waals surface area contributed by atoms with Crippen molar-refractivity contribution >= 4 is 14.1 Å². The predicted molar refractivity (Wildman–Crippen MR) is 65.2 cm³/mol. The molecule has 3 aliphatic carbocycles. The molecule has 2 bridgehead atoms. The molecule has 0 aromatic heterocycles. The highest BCUT2D eigenvalue weighted by Crippen LogP contribution is 2.68. The Morgan fingerprint density at radius 1 is 1.20 bits per heavy atom. The third kappa shape index (κ3) is 1.05. The molecule has 0 radical (unpaired) electrons. The van der Waals surface area contributed by atoms with Gasteiger partial charge in [-0.1, -0.05) is 40.8 Å². The van der Waals surface area contributed by atoms with Crippen LogP contribution >= 0.6 is 0 Å². The Morgan fingerprint density at radius 3 is 3.00 bits per heavy atom. The average Bonchev–Trinajstić information content (AvgIpc) is 2.95. The molecule has 4 rings (SSSR count). The van der Waals surface area contributed by atoms with E-state index >= 15 is 0 Å². The molecule has 0 unspecified atom stereocenters. The number of rotatable bonds is 1. The van der Waals surface area contributed by atoms with Crippen molar-refractivity contribution in [3.63, 3.8) is 0 Å². The fourth-order valence-electron chi connectivity index (χ4n) is 5.95. The van der Waals surface area contributed by atoms with Gasteiger partial charge in [0.2, 0.25) is 0 Å². The summed E-state index contributed by atoms with van der Waals surface area (Å²) in [6.45, 7) is 2.48. The first-order valence-electron chi connectivity index (χ1n) is 7.06. The number of fused-ring (bicyclic) bond motifs is 8. The van der Waals surface area contributed by atoms with Crippen LogP contribution in [-0.2, 0) is 0 Å². The minimum Gasteiger partial charge on any atom is -0.0965 e. The summed E-state index contributed by atoms with van der Waals surface area (Å²) in [6.07, 6.45) is 9.80. The van der Waals surface area contributed by atoms with Crippen molar-refractivity contribution in [3.8, 4) is 0 Å². The second-order valence-electron chi connectivity index (χ2n) is 6.46. The van der Waals surface area contributed by atoms with E-state index < -0.39 is 0 Å². The van der Waals surface area contributed by atoms with Crippen LogP contribution in [-0.4, -0.2) is 14.1 Å². The van der Waals surface area contributed by atoms with E-state index in [1.807, 2.05) is 0 Å². The highest BCUT2D eigenvalue weighted by molar-refractivity contribution is 6.61. The summed E-state index contributed by atoms with van der Waals surface area (Å²) >= 11 is -0.295. The molecule has 6 atom stereocenters. The summed E-state index contributed by atoms with van der Waals surface area (Å²) in [4.78, 5) is 0. The van der Waals surface area contributed by atoms with Crippen molar-refractivity contribution in [2.24, 2.45) is 29.6 Å². The van der Waals surface area contributed by atoms with E-state index in [-0.39, 0.29) is 14.1 Å². The van der Waals surface area contributed by atoms with Gasteiger partial charge in [0, 0.05) is 0 Å². The molecule has 0 aromatic rings. The van der Waals surface area contributed by atoms with E-state index in [1.165, 1.54) is 23.0 Å². The number of hydrogen-bond acceptors (Lipinski definition) is 0. The van der Waals surface area contributed by atoms with Crippen LogP contribution < -0.4 is 0 Å². The van der Waals surface area contributed by atoms with Gasteiger partial charge in [-0.3, -0.25) is 0 Å². The van der Waals surface area contributed by atoms with E-state index in [0.717, 1.165) is 17.8 Å². The Kier molecular flexibility index (Phi) is 1.95. The summed E-state index contributed by atoms with van der Waals surface area (Å²) < 4.78 is 1.29. The standard InChI is InChI=1S/C12H16.C2H5.Al/c1-2-8-6-9-7-12(8)11-5-3-4-10(9)11;1-2;/h3,5-6,8-12H,1-2,4,7H2;1H2,2H3;/t8-,9-,10+,11+,12-;;/m0../s1. The molecule has 0 N–H and O–H groups in total. The van der Waals surface area contributed by atoms with E-state index in [4.69, 9.17) is 0 Å². The lowest BCUT2D eigenvalue weighted by molar-refractivity contribution is 0.217. The van der Waals surface area contributed by atoms with Crippen LogP contribution in [0.4, 0.5) is 0 Å². The van der Waals surface area contributed by atoms with Crippen LogP contribution in [0.2, 0.25) is 15.3 Å². The van der Waals surface area contributed by atoms with Crippen LogP contribution in [0.3, 0.4) is 0 Å². The highest BCUT2D eigenvalue weighted by Gasteiger charge is 2.61. The highest BCUT2D eigenvalue weighted by atomic mass is 27.2. The van der Waals surface area contributed by atoms with Crippen LogP contribution in [0.1, 0.15) is 26.2 Å². The molecule has 1 heterocycles. The van der Waals surface area contributed by atoms with Gasteiger partial charge in [0.25, 0.3) is 14.1 Å². The van der Waals surface area contributed by atoms with Crippen LogP contribution in [0.25, 0.3) is 0 Å². The predicted octanol–water partition coefficient (Wildman–Crippen LogP) is 3.73. The molecule has 1 aliphatic heterocycles. The van der Waals surface area contributed by atoms with Gasteiger partial charge in [0.15, 0.2) is 0 Å². The van der Waals surface area contributed by atoms with Crippen LogP contribution in [0, 0.1) is 29.6 Å². The van der Waals surface area contributed by atoms with Crippen LogP contribution in [0.5, 0.6) is 0 Å². The monoisotopic (exact) mass is 216 g/mol. The van der Waals surface area contributed by atoms with Crippen molar-refractivity contribution in [2.75, 3.05) is 0 Å². The lowest BCUT2D eigenvalue weighted by Crippen LogP contribution is -2.31. The van der Waals surface area contributed by atoms with Crippen molar-refractivity contribution in [2.45, 2.75) is 41.5 Å². The van der Waals surface area contributed by atoms with E-state index in [0.29, 0.717) is 0 Å². The Hall–Kier alpha value is 0.272. The Labute approximate surface area is 97.5 Å². The molecule has 1 saturated heterocycles. The van der Waals surface area contributed by atoms with Crippen molar-refractivity contribution in [3.05, 3.63) is 12.2 Å². The van der Waals surface area contributed by atoms with Gasteiger partial charge >= 0.3 is 0 Å². The zero-order valence-electron chi connectivity index (χ0n) is 9.73. The molecular formula is C14H21Al. The first-order valence-corrected chi connectivity index (χ1v) is 9.36. The second-order valence-corrected chi connectivity index (χ2v) is 10.1. The van der Waals surface area contributed by atoms with E-state index in [1.54, 1.807) is 23.4 Å². The van der Waals surface area contributed by atoms with Gasteiger partial charge in [-0.15, -0.1) is 0 Å². The van der Waals surface area contributed by atoms with Crippen molar-refractivity contribution in [1.29, 1.82) is 0 Å². The molecule has 0 nitrogen and oxygen atoms in total. The number of allylic oxidation sites excluding steroid dienone is 2. The molecule has 0 spiro atoms. The van der Waals surface area contributed by atoms with Gasteiger partial charge in [0.05, 0.1) is 0 Å². The maximum absolute atomic E-state index is 2.59. The normalized spacial score (nSPS) is 55.1. The maximum atomic E-state index is 2.59. The van der Waals surface area contributed by atoms with Gasteiger partial charge in [-0.25, -0.2) is 0 Å². The Balaban J connectivity index is 1.68. The van der Waals surface area contributed by atoms with Gasteiger partial charge < -0.3 is 0 Å². The fourth-order valence-corrected chi connectivity index (χ4v) is 10.4. The quantitative estimate of drug-likeness (QED) is 0.463. The summed E-state index contributed by atoms with van der Waals surface area (Å²) in [6, 6.07) is 0. The first-order chi connectivity index (χ1) is 7.40. The van der Waals surface area contributed by atoms with Crippen LogP contribution in [0.15, 0.2) is 12.2 Å². The van der Waals surface area contributed by atoms with Crippen molar-refractivity contribution < 1.29 is 0 Å². The molecule has 15 heavy (non-hydrogen) atoms. The fraction of sp³-hybridized carbons (Fsp3) is 0.857. The minimum atomic E-state index is -0.295. The summed E-state index contributed by atoms with van der Waals surface area (Å²) in [5.74, 6) is 5.71. The summed E-state index contributed by atoms with van der Waals surface area (Å²) in [7, 11) is 0. The van der Waals surface area contributed by atoms with Gasteiger partial charge in [-0.2, -0.15) is 0 Å². The lowest BCUT2D eigenvalue weighted by atomic mass is 9.74. The van der Waals surface area contributed by atoms with Crippen molar-refractivity contribution in [1.82, 2.24) is 0 Å². The Bertz CT molecular complexity index is 308. The molecule has 0 aromatic carbocycles. The molecule has 4 aliphatic rings. The third-order valence-electron chi connectivity index (χ3n) is 6.33. The third-order valence-corrected chi connectivity index (χ3v) is 10.5. The zero-order chi connectivity index (χ0) is 9.99. The largest absolute Gasteiger partial charge is 0.266 e. The Morgan fingerprint density at radius 2 is 2.13 bits per heavy atom. The smallest absolute Gasteiger partial charge is 0.0965 e. The SMILES string of the molecule is C[CH2][Al]1[CH2]C[C@@H]2[C@@H]3C[C@@H]([C@H]4CC=C[C@@H]34)[C@@H]21. The van der Waals surface area contributed by atoms with E-state index in [2.05, 4.69) is 19.1 Å². The first kappa shape index (κ1) is 9.32. The topological polar surface area (TPSA) is 0 Å². The van der Waals surface area contributed by atoms with E-state index in [9.17, 15) is 0 Å². The van der Waals surface area contributed by atoms with Gasteiger partial charge in [0.1, 0.15) is 0 Å². The molecule has 0 amide bonds. The molecule has 3 fully saturated rings. The number of hydrogen-bond donors (Lipinski definition) is 0. The van der Waals surface area contributed by atoms with Gasteiger partial charge in [-0.05, 0) is 42.4 Å². The lowest BCUT2D eigenvalue weighted by Gasteiger charge is -2.36. The molecule has 2 saturated carbocycles. The molecule has 80 valence electrons. The average molecular weight is 216 g/mol. The summed E-state index contributed by atoms with van der Waals surface area (Å²) in [5, 5.41) is 3.29. The summed E-state index contributed by atoms with van der Waals surface area (Å²) in [5.41, 5.74) is 0. The zero-order valence-corrected chi connectivity index (χ0v) is 10.9.